The van der Waals surface area contributed by atoms with Crippen LogP contribution in [0.2, 0.25) is 0 Å². The molecule has 1 aromatic carbocycles. The van der Waals surface area contributed by atoms with Gasteiger partial charge in [-0.2, -0.15) is 0 Å². The van der Waals surface area contributed by atoms with Crippen molar-refractivity contribution in [3.63, 3.8) is 0 Å². The van der Waals surface area contributed by atoms with Crippen molar-refractivity contribution in [1.82, 2.24) is 14.8 Å². The van der Waals surface area contributed by atoms with Crippen LogP contribution >= 0.6 is 0 Å². The molecule has 8 nitrogen and oxygen atoms in total. The zero-order valence-electron chi connectivity index (χ0n) is 21.7. The summed E-state index contributed by atoms with van der Waals surface area (Å²) in [5.74, 6) is 1.03. The molecule has 3 N–H and O–H groups in total. The van der Waals surface area contributed by atoms with Crippen LogP contribution in [0.15, 0.2) is 36.5 Å². The molecule has 36 heavy (non-hydrogen) atoms. The summed E-state index contributed by atoms with van der Waals surface area (Å²) in [5.41, 5.74) is 8.21. The van der Waals surface area contributed by atoms with Gasteiger partial charge in [0.15, 0.2) is 0 Å². The van der Waals surface area contributed by atoms with E-state index in [1.54, 1.807) is 11.0 Å². The highest BCUT2D eigenvalue weighted by molar-refractivity contribution is 6.39. The molecule has 2 aromatic rings. The Labute approximate surface area is 214 Å². The zero-order valence-corrected chi connectivity index (χ0v) is 21.7. The molecule has 194 valence electrons. The van der Waals surface area contributed by atoms with Gasteiger partial charge in [0, 0.05) is 6.54 Å². The van der Waals surface area contributed by atoms with Crippen LogP contribution in [0.3, 0.4) is 0 Å². The van der Waals surface area contributed by atoms with Crippen molar-refractivity contribution >= 4 is 23.3 Å². The first-order chi connectivity index (χ1) is 17.3. The summed E-state index contributed by atoms with van der Waals surface area (Å²) in [6.45, 7) is 7.61. The fourth-order valence-electron chi connectivity index (χ4n) is 5.14. The van der Waals surface area contributed by atoms with Crippen LogP contribution in [0.25, 0.3) is 0 Å². The predicted molar refractivity (Wildman–Crippen MR) is 142 cm³/mol. The van der Waals surface area contributed by atoms with E-state index in [0.717, 1.165) is 49.4 Å². The molecule has 2 aliphatic heterocycles. The van der Waals surface area contributed by atoms with Crippen molar-refractivity contribution in [2.75, 3.05) is 44.3 Å². The molecule has 2 fully saturated rings. The maximum atomic E-state index is 13.3. The first kappa shape index (κ1) is 25.9. The molecule has 0 saturated carbocycles. The van der Waals surface area contributed by atoms with Crippen LogP contribution in [0.5, 0.6) is 5.75 Å². The van der Waals surface area contributed by atoms with E-state index in [9.17, 15) is 9.59 Å². The zero-order chi connectivity index (χ0) is 25.7. The van der Waals surface area contributed by atoms with Crippen LogP contribution in [-0.2, 0) is 16.0 Å². The maximum absolute atomic E-state index is 13.3. The van der Waals surface area contributed by atoms with Crippen molar-refractivity contribution in [2.24, 2.45) is 11.8 Å². The number of piperidine rings is 2. The second-order valence-corrected chi connectivity index (χ2v) is 10.4. The summed E-state index contributed by atoms with van der Waals surface area (Å²) in [6, 6.07) is 9.65. The molecule has 2 aliphatic rings. The quantitative estimate of drug-likeness (QED) is 0.592. The number of likely N-dealkylation sites (tertiary alicyclic amines) is 2. The standard InChI is InChI=1S/C28H39N5O3/c1-4-21-15-23(16-30-26(21)29)31-27(34)28(35)33-17-19(2)5-10-25(33)22-6-8-24(9-7-22)36-18-20-11-13-32(3)14-12-20/h6-9,15-16,19-20,25H,4-5,10-14,17-18H2,1-3H3,(H2,29,30)(H,31,34)/t19-,25+/m0/s1. The van der Waals surface area contributed by atoms with Gasteiger partial charge in [0.05, 0.1) is 24.5 Å². The summed E-state index contributed by atoms with van der Waals surface area (Å²) >= 11 is 0. The molecule has 2 saturated heterocycles. The molecule has 2 atom stereocenters. The van der Waals surface area contributed by atoms with Gasteiger partial charge in [-0.1, -0.05) is 26.0 Å². The van der Waals surface area contributed by atoms with Gasteiger partial charge in [-0.25, -0.2) is 4.98 Å². The van der Waals surface area contributed by atoms with Crippen LogP contribution < -0.4 is 15.8 Å². The number of hydrogen-bond donors (Lipinski definition) is 2. The van der Waals surface area contributed by atoms with Crippen molar-refractivity contribution in [3.8, 4) is 5.75 Å². The molecule has 0 unspecified atom stereocenters. The summed E-state index contributed by atoms with van der Waals surface area (Å²) < 4.78 is 6.07. The van der Waals surface area contributed by atoms with Gasteiger partial charge in [0.1, 0.15) is 11.6 Å². The molecular weight excluding hydrogens is 454 g/mol. The maximum Gasteiger partial charge on any atom is 0.313 e. The number of amides is 2. The lowest BCUT2D eigenvalue weighted by molar-refractivity contribution is -0.146. The van der Waals surface area contributed by atoms with E-state index >= 15 is 0 Å². The molecular formula is C28H39N5O3. The number of benzene rings is 1. The Morgan fingerprint density at radius 3 is 2.56 bits per heavy atom. The fourth-order valence-corrected chi connectivity index (χ4v) is 5.14. The Bertz CT molecular complexity index is 1050. The number of ether oxygens (including phenoxy) is 1. The lowest BCUT2D eigenvalue weighted by Gasteiger charge is -2.38. The Kier molecular flexibility index (Phi) is 8.46. The number of nitrogens with zero attached hydrogens (tertiary/aromatic N) is 3. The van der Waals surface area contributed by atoms with Gasteiger partial charge >= 0.3 is 11.8 Å². The number of nitrogens with one attached hydrogen (secondary N) is 1. The Hall–Kier alpha value is -3.13. The Balaban J connectivity index is 1.40. The first-order valence-corrected chi connectivity index (χ1v) is 13.1. The van der Waals surface area contributed by atoms with Crippen molar-refractivity contribution in [2.45, 2.75) is 52.0 Å². The molecule has 0 aliphatic carbocycles. The number of aromatic nitrogens is 1. The minimum Gasteiger partial charge on any atom is -0.493 e. The summed E-state index contributed by atoms with van der Waals surface area (Å²) in [5, 5.41) is 2.72. The van der Waals surface area contributed by atoms with E-state index in [4.69, 9.17) is 10.5 Å². The van der Waals surface area contributed by atoms with Crippen LogP contribution in [0.1, 0.15) is 56.7 Å². The van der Waals surface area contributed by atoms with Gasteiger partial charge in [-0.05, 0) is 93.4 Å². The lowest BCUT2D eigenvalue weighted by Crippen LogP contribution is -2.46. The number of carbonyl (C=O) groups excluding carboxylic acids is 2. The van der Waals surface area contributed by atoms with Crippen molar-refractivity contribution < 1.29 is 14.3 Å². The number of carbonyl (C=O) groups is 2. The van der Waals surface area contributed by atoms with E-state index in [1.165, 1.54) is 19.0 Å². The number of pyridine rings is 1. The van der Waals surface area contributed by atoms with Crippen molar-refractivity contribution in [3.05, 3.63) is 47.7 Å². The average Bonchev–Trinajstić information content (AvgIpc) is 2.89. The van der Waals surface area contributed by atoms with Gasteiger partial charge in [-0.3, -0.25) is 9.59 Å². The topological polar surface area (TPSA) is 101 Å². The largest absolute Gasteiger partial charge is 0.493 e. The molecule has 3 heterocycles. The molecule has 1 aromatic heterocycles. The van der Waals surface area contributed by atoms with Gasteiger partial charge in [0.25, 0.3) is 0 Å². The van der Waals surface area contributed by atoms with Crippen LogP contribution in [0, 0.1) is 11.8 Å². The lowest BCUT2D eigenvalue weighted by atomic mass is 9.89. The van der Waals surface area contributed by atoms with E-state index in [-0.39, 0.29) is 6.04 Å². The molecule has 4 rings (SSSR count). The highest BCUT2D eigenvalue weighted by Gasteiger charge is 2.34. The van der Waals surface area contributed by atoms with Gasteiger partial charge < -0.3 is 25.6 Å². The van der Waals surface area contributed by atoms with E-state index in [1.807, 2.05) is 31.2 Å². The van der Waals surface area contributed by atoms with Gasteiger partial charge in [-0.15, -0.1) is 0 Å². The number of nitrogens with two attached hydrogens (primary N) is 1. The van der Waals surface area contributed by atoms with Crippen LogP contribution in [0.4, 0.5) is 11.5 Å². The smallest absolute Gasteiger partial charge is 0.313 e. The third kappa shape index (κ3) is 6.35. The third-order valence-corrected chi connectivity index (χ3v) is 7.50. The average molecular weight is 494 g/mol. The highest BCUT2D eigenvalue weighted by Crippen LogP contribution is 2.34. The third-order valence-electron chi connectivity index (χ3n) is 7.50. The van der Waals surface area contributed by atoms with E-state index < -0.39 is 11.8 Å². The fraction of sp³-hybridized carbons (Fsp3) is 0.536. The van der Waals surface area contributed by atoms with E-state index in [0.29, 0.717) is 36.3 Å². The predicted octanol–water partition coefficient (Wildman–Crippen LogP) is 3.89. The monoisotopic (exact) mass is 493 g/mol. The summed E-state index contributed by atoms with van der Waals surface area (Å²) in [4.78, 5) is 34.4. The van der Waals surface area contributed by atoms with E-state index in [2.05, 4.69) is 29.2 Å². The summed E-state index contributed by atoms with van der Waals surface area (Å²) in [6.07, 6.45) is 6.34. The Morgan fingerprint density at radius 1 is 1.14 bits per heavy atom. The normalized spacial score (nSPS) is 21.2. The second-order valence-electron chi connectivity index (χ2n) is 10.4. The first-order valence-electron chi connectivity index (χ1n) is 13.1. The summed E-state index contributed by atoms with van der Waals surface area (Å²) in [7, 11) is 2.16. The minimum atomic E-state index is -0.652. The van der Waals surface area contributed by atoms with Gasteiger partial charge in [0.2, 0.25) is 0 Å². The number of aryl methyl sites for hydroxylation is 1. The molecule has 8 heteroatoms. The number of nitrogen functional groups attached to an aromatic ring is 1. The highest BCUT2D eigenvalue weighted by atomic mass is 16.5. The molecule has 0 radical (unpaired) electrons. The number of anilines is 2. The minimum absolute atomic E-state index is 0.141. The van der Waals surface area contributed by atoms with Crippen molar-refractivity contribution in [1.29, 1.82) is 0 Å². The van der Waals surface area contributed by atoms with Crippen LogP contribution in [-0.4, -0.2) is 59.9 Å². The molecule has 0 bridgehead atoms. The number of rotatable bonds is 6. The SMILES string of the molecule is CCc1cc(NC(=O)C(=O)N2C[C@@H](C)CC[C@@H]2c2ccc(OCC3CCN(C)CC3)cc2)cnc1N. The Morgan fingerprint density at radius 2 is 1.86 bits per heavy atom. The second kappa shape index (κ2) is 11.7. The number of hydrogen-bond acceptors (Lipinski definition) is 6. The molecule has 0 spiro atoms. The molecule has 2 amide bonds.